The number of anilines is 2. The van der Waals surface area contributed by atoms with Crippen molar-refractivity contribution in [2.24, 2.45) is 0 Å². The third-order valence-electron chi connectivity index (χ3n) is 4.96. The van der Waals surface area contributed by atoms with Crippen LogP contribution >= 0.6 is 0 Å². The first-order valence-corrected chi connectivity index (χ1v) is 8.25. The molecular formula is C22H21NO. The van der Waals surface area contributed by atoms with Crippen LogP contribution in [0.4, 0.5) is 11.4 Å². The smallest absolute Gasteiger partial charge is 0.119 e. The molecule has 0 aromatic heterocycles. The maximum absolute atomic E-state index is 5.22. The van der Waals surface area contributed by atoms with E-state index in [0.29, 0.717) is 0 Å². The normalized spacial score (nSPS) is 14.0. The topological polar surface area (TPSA) is 21.3 Å². The first-order chi connectivity index (χ1) is 11.6. The molecule has 0 bridgehead atoms. The van der Waals surface area contributed by atoms with E-state index in [-0.39, 0.29) is 5.41 Å². The summed E-state index contributed by atoms with van der Waals surface area (Å²) in [6.07, 6.45) is 0. The molecule has 2 nitrogen and oxygen atoms in total. The van der Waals surface area contributed by atoms with Gasteiger partial charge in [-0.3, -0.25) is 0 Å². The minimum atomic E-state index is 0.0313. The monoisotopic (exact) mass is 315 g/mol. The Labute approximate surface area is 143 Å². The van der Waals surface area contributed by atoms with Crippen LogP contribution in [0.25, 0.3) is 11.1 Å². The lowest BCUT2D eigenvalue weighted by molar-refractivity contribution is 0.415. The second-order valence-corrected chi connectivity index (χ2v) is 6.78. The van der Waals surface area contributed by atoms with Gasteiger partial charge in [-0.05, 0) is 58.7 Å². The van der Waals surface area contributed by atoms with Crippen LogP contribution in [0.5, 0.6) is 5.75 Å². The molecule has 0 saturated carbocycles. The number of benzene rings is 3. The van der Waals surface area contributed by atoms with Gasteiger partial charge in [-0.25, -0.2) is 0 Å². The van der Waals surface area contributed by atoms with E-state index >= 15 is 0 Å². The first-order valence-electron chi connectivity index (χ1n) is 8.25. The summed E-state index contributed by atoms with van der Waals surface area (Å²) in [4.78, 5) is 0. The first kappa shape index (κ1) is 14.8. The van der Waals surface area contributed by atoms with E-state index in [9.17, 15) is 0 Å². The zero-order valence-corrected chi connectivity index (χ0v) is 14.3. The van der Waals surface area contributed by atoms with Gasteiger partial charge < -0.3 is 10.1 Å². The van der Waals surface area contributed by atoms with Crippen LogP contribution in [0.15, 0.2) is 66.7 Å². The molecule has 3 aromatic carbocycles. The summed E-state index contributed by atoms with van der Waals surface area (Å²) >= 11 is 0. The molecule has 0 radical (unpaired) electrons. The molecule has 0 fully saturated rings. The molecule has 1 aliphatic carbocycles. The molecular weight excluding hydrogens is 294 g/mol. The van der Waals surface area contributed by atoms with Crippen molar-refractivity contribution in [2.45, 2.75) is 19.3 Å². The highest BCUT2D eigenvalue weighted by Gasteiger charge is 2.35. The van der Waals surface area contributed by atoms with Crippen molar-refractivity contribution in [1.82, 2.24) is 0 Å². The van der Waals surface area contributed by atoms with Crippen LogP contribution < -0.4 is 10.1 Å². The van der Waals surface area contributed by atoms with Gasteiger partial charge in [0.2, 0.25) is 0 Å². The maximum atomic E-state index is 5.22. The molecule has 3 aromatic rings. The van der Waals surface area contributed by atoms with E-state index < -0.39 is 0 Å². The lowest BCUT2D eigenvalue weighted by atomic mass is 9.82. The average Bonchev–Trinajstić information content (AvgIpc) is 2.84. The van der Waals surface area contributed by atoms with Gasteiger partial charge in [-0.1, -0.05) is 44.2 Å². The highest BCUT2D eigenvalue weighted by Crippen LogP contribution is 2.49. The van der Waals surface area contributed by atoms with Crippen LogP contribution in [-0.4, -0.2) is 7.11 Å². The van der Waals surface area contributed by atoms with E-state index in [1.165, 1.54) is 22.3 Å². The van der Waals surface area contributed by atoms with Crippen LogP contribution in [-0.2, 0) is 5.41 Å². The summed E-state index contributed by atoms with van der Waals surface area (Å²) < 4.78 is 5.22. The Kier molecular flexibility index (Phi) is 3.34. The van der Waals surface area contributed by atoms with Gasteiger partial charge in [-0.15, -0.1) is 0 Å². The number of nitrogens with one attached hydrogen (secondary N) is 1. The minimum Gasteiger partial charge on any atom is -0.497 e. The van der Waals surface area contributed by atoms with Gasteiger partial charge in [0, 0.05) is 16.8 Å². The van der Waals surface area contributed by atoms with Crippen molar-refractivity contribution >= 4 is 11.4 Å². The summed E-state index contributed by atoms with van der Waals surface area (Å²) in [5, 5.41) is 3.49. The third kappa shape index (κ3) is 2.26. The van der Waals surface area contributed by atoms with Gasteiger partial charge in [0.25, 0.3) is 0 Å². The number of hydrogen-bond acceptors (Lipinski definition) is 2. The number of rotatable bonds is 3. The summed E-state index contributed by atoms with van der Waals surface area (Å²) in [5.74, 6) is 0.867. The summed E-state index contributed by atoms with van der Waals surface area (Å²) in [6, 6.07) is 23.4. The summed E-state index contributed by atoms with van der Waals surface area (Å²) in [5.41, 5.74) is 7.68. The molecule has 1 N–H and O–H groups in total. The van der Waals surface area contributed by atoms with Crippen molar-refractivity contribution in [1.29, 1.82) is 0 Å². The number of ether oxygens (including phenoxy) is 1. The van der Waals surface area contributed by atoms with Gasteiger partial charge in [0.05, 0.1) is 7.11 Å². The quantitative estimate of drug-likeness (QED) is 0.665. The molecule has 24 heavy (non-hydrogen) atoms. The predicted octanol–water partition coefficient (Wildman–Crippen LogP) is 5.75. The van der Waals surface area contributed by atoms with Crippen LogP contribution in [0.3, 0.4) is 0 Å². The molecule has 0 spiro atoms. The van der Waals surface area contributed by atoms with Crippen molar-refractivity contribution < 1.29 is 4.74 Å². The fraction of sp³-hybridized carbons (Fsp3) is 0.182. The molecule has 0 aliphatic heterocycles. The molecule has 0 amide bonds. The summed E-state index contributed by atoms with van der Waals surface area (Å²) in [6.45, 7) is 4.60. The Hall–Kier alpha value is -2.74. The number of hydrogen-bond donors (Lipinski definition) is 1. The second-order valence-electron chi connectivity index (χ2n) is 6.78. The zero-order chi connectivity index (χ0) is 16.7. The zero-order valence-electron chi connectivity index (χ0n) is 14.3. The lowest BCUT2D eigenvalue weighted by Crippen LogP contribution is -2.15. The van der Waals surface area contributed by atoms with Gasteiger partial charge in [0.15, 0.2) is 0 Å². The molecule has 0 saturated heterocycles. The Bertz CT molecular complexity index is 894. The van der Waals surface area contributed by atoms with Crippen LogP contribution in [0.2, 0.25) is 0 Å². The van der Waals surface area contributed by atoms with Gasteiger partial charge >= 0.3 is 0 Å². The molecule has 0 atom stereocenters. The predicted molar refractivity (Wildman–Crippen MR) is 100 cm³/mol. The largest absolute Gasteiger partial charge is 0.497 e. The molecule has 4 rings (SSSR count). The number of methoxy groups -OCH3 is 1. The molecule has 120 valence electrons. The van der Waals surface area contributed by atoms with Crippen molar-refractivity contribution in [3.63, 3.8) is 0 Å². The van der Waals surface area contributed by atoms with Crippen molar-refractivity contribution in [3.05, 3.63) is 77.9 Å². The van der Waals surface area contributed by atoms with Gasteiger partial charge in [-0.2, -0.15) is 0 Å². The Morgan fingerprint density at radius 2 is 1.42 bits per heavy atom. The van der Waals surface area contributed by atoms with E-state index in [4.69, 9.17) is 4.74 Å². The third-order valence-corrected chi connectivity index (χ3v) is 4.96. The Balaban J connectivity index is 1.70. The average molecular weight is 315 g/mol. The van der Waals surface area contributed by atoms with Crippen LogP contribution in [0.1, 0.15) is 25.0 Å². The van der Waals surface area contributed by atoms with Gasteiger partial charge in [0.1, 0.15) is 5.75 Å². The standard InChI is InChI=1S/C22H21NO/c1-22(2)20-7-5-4-6-18(20)19-13-10-16(14-21(19)22)23-15-8-11-17(24-3)12-9-15/h4-14,23H,1-3H3. The highest BCUT2D eigenvalue weighted by atomic mass is 16.5. The highest BCUT2D eigenvalue weighted by molar-refractivity contribution is 5.82. The lowest BCUT2D eigenvalue weighted by Gasteiger charge is -2.22. The van der Waals surface area contributed by atoms with Crippen molar-refractivity contribution in [2.75, 3.05) is 12.4 Å². The minimum absolute atomic E-state index is 0.0313. The fourth-order valence-electron chi connectivity index (χ4n) is 3.62. The maximum Gasteiger partial charge on any atom is 0.119 e. The Morgan fingerprint density at radius 1 is 0.750 bits per heavy atom. The molecule has 2 heteroatoms. The number of fused-ring (bicyclic) bond motifs is 3. The second kappa shape index (κ2) is 5.41. The fourth-order valence-corrected chi connectivity index (χ4v) is 3.62. The summed E-state index contributed by atoms with van der Waals surface area (Å²) in [7, 11) is 1.68. The molecule has 1 aliphatic rings. The van der Waals surface area contributed by atoms with E-state index in [1.54, 1.807) is 7.11 Å². The van der Waals surface area contributed by atoms with E-state index in [1.807, 2.05) is 24.3 Å². The SMILES string of the molecule is COc1ccc(Nc2ccc3c(c2)C(C)(C)c2ccccc2-3)cc1. The van der Waals surface area contributed by atoms with E-state index in [0.717, 1.165) is 17.1 Å². The molecule has 0 heterocycles. The Morgan fingerprint density at radius 3 is 2.17 bits per heavy atom. The molecule has 0 unspecified atom stereocenters. The van der Waals surface area contributed by atoms with E-state index in [2.05, 4.69) is 61.6 Å². The van der Waals surface area contributed by atoms with Crippen molar-refractivity contribution in [3.8, 4) is 16.9 Å². The van der Waals surface area contributed by atoms with Crippen LogP contribution in [0, 0.1) is 0 Å².